The van der Waals surface area contributed by atoms with Gasteiger partial charge in [0.1, 0.15) is 6.10 Å². The highest BCUT2D eigenvalue weighted by Gasteiger charge is 2.36. The Bertz CT molecular complexity index is 332. The molecule has 2 rings (SSSR count). The zero-order valence-corrected chi connectivity index (χ0v) is 11.4. The highest BCUT2D eigenvalue weighted by Crippen LogP contribution is 2.28. The predicted molar refractivity (Wildman–Crippen MR) is 69.7 cm³/mol. The second-order valence-electron chi connectivity index (χ2n) is 5.65. The third-order valence-electron chi connectivity index (χ3n) is 4.16. The van der Waals surface area contributed by atoms with Gasteiger partial charge >= 0.3 is 5.97 Å². The zero-order valence-electron chi connectivity index (χ0n) is 11.4. The van der Waals surface area contributed by atoms with Crippen LogP contribution in [-0.4, -0.2) is 35.2 Å². The van der Waals surface area contributed by atoms with Gasteiger partial charge in [-0.05, 0) is 32.1 Å². The molecule has 0 heterocycles. The van der Waals surface area contributed by atoms with Crippen molar-refractivity contribution in [2.75, 3.05) is 0 Å². The van der Waals surface area contributed by atoms with Crippen molar-refractivity contribution in [3.8, 4) is 0 Å². The summed E-state index contributed by atoms with van der Waals surface area (Å²) in [5.74, 6) is -1.14. The molecule has 0 aromatic carbocycles. The Morgan fingerprint density at radius 2 is 1.95 bits per heavy atom. The Labute approximate surface area is 113 Å². The van der Waals surface area contributed by atoms with Gasteiger partial charge in [-0.2, -0.15) is 0 Å². The normalized spacial score (nSPS) is 28.7. The lowest BCUT2D eigenvalue weighted by molar-refractivity contribution is -0.147. The molecule has 108 valence electrons. The molecule has 0 aromatic heterocycles. The van der Waals surface area contributed by atoms with Gasteiger partial charge in [-0.25, -0.2) is 0 Å². The van der Waals surface area contributed by atoms with Crippen LogP contribution in [0.3, 0.4) is 0 Å². The van der Waals surface area contributed by atoms with E-state index in [9.17, 15) is 9.59 Å². The fraction of sp³-hybridized carbons (Fsp3) is 0.857. The molecule has 19 heavy (non-hydrogen) atoms. The molecule has 5 heteroatoms. The molecule has 0 aliphatic heterocycles. The molecule has 0 bridgehead atoms. The summed E-state index contributed by atoms with van der Waals surface area (Å²) in [5, 5.41) is 11.7. The minimum atomic E-state index is -0.764. The quantitative estimate of drug-likeness (QED) is 0.769. The molecule has 2 aliphatic carbocycles. The Kier molecular flexibility index (Phi) is 4.80. The third kappa shape index (κ3) is 3.69. The average Bonchev–Trinajstić information content (AvgIpc) is 2.82. The molecule has 2 aliphatic rings. The van der Waals surface area contributed by atoms with Crippen LogP contribution < -0.4 is 5.32 Å². The molecular formula is C14H23NO4. The van der Waals surface area contributed by atoms with Gasteiger partial charge in [0.2, 0.25) is 5.91 Å². The van der Waals surface area contributed by atoms with Crippen molar-refractivity contribution < 1.29 is 19.4 Å². The molecule has 0 aromatic rings. The summed E-state index contributed by atoms with van der Waals surface area (Å²) in [5.41, 5.74) is 0. The minimum Gasteiger partial charge on any atom is -0.481 e. The lowest BCUT2D eigenvalue weighted by Gasteiger charge is -2.34. The zero-order chi connectivity index (χ0) is 13.8. The molecule has 2 saturated carbocycles. The first-order chi connectivity index (χ1) is 9.10. The Balaban J connectivity index is 1.73. The van der Waals surface area contributed by atoms with Crippen molar-refractivity contribution in [3.05, 3.63) is 0 Å². The summed E-state index contributed by atoms with van der Waals surface area (Å²) < 4.78 is 5.84. The van der Waals surface area contributed by atoms with Crippen LogP contribution in [0, 0.1) is 5.92 Å². The van der Waals surface area contributed by atoms with Crippen LogP contribution in [0.2, 0.25) is 0 Å². The first kappa shape index (κ1) is 14.3. The van der Waals surface area contributed by atoms with Crippen molar-refractivity contribution in [3.63, 3.8) is 0 Å². The number of rotatable bonds is 6. The van der Waals surface area contributed by atoms with E-state index in [2.05, 4.69) is 5.32 Å². The maximum Gasteiger partial charge on any atom is 0.306 e. The van der Waals surface area contributed by atoms with Crippen LogP contribution in [0.15, 0.2) is 0 Å². The van der Waals surface area contributed by atoms with Crippen molar-refractivity contribution in [1.29, 1.82) is 0 Å². The first-order valence-corrected chi connectivity index (χ1v) is 7.28. The van der Waals surface area contributed by atoms with Gasteiger partial charge in [0.15, 0.2) is 0 Å². The van der Waals surface area contributed by atoms with Crippen LogP contribution in [0.1, 0.15) is 51.9 Å². The van der Waals surface area contributed by atoms with E-state index < -0.39 is 5.97 Å². The molecule has 0 saturated heterocycles. The van der Waals surface area contributed by atoms with Crippen molar-refractivity contribution in [2.45, 2.75) is 70.1 Å². The second-order valence-corrected chi connectivity index (χ2v) is 5.65. The standard InChI is InChI=1S/C14H23NO4/c1-2-12(19-11-5-3-4-6-11)13(16)15-10-7-9(8-10)14(17)18/h9-12H,2-8H2,1H3,(H,15,16)(H,17,18). The highest BCUT2D eigenvalue weighted by molar-refractivity contribution is 5.81. The summed E-state index contributed by atoms with van der Waals surface area (Å²) in [6, 6.07) is 0.00910. The van der Waals surface area contributed by atoms with Crippen molar-refractivity contribution in [2.24, 2.45) is 5.92 Å². The van der Waals surface area contributed by atoms with Crippen molar-refractivity contribution in [1.82, 2.24) is 5.32 Å². The van der Waals surface area contributed by atoms with E-state index in [4.69, 9.17) is 9.84 Å². The number of aliphatic carboxylic acids is 1. The number of carbonyl (C=O) groups excluding carboxylic acids is 1. The van der Waals surface area contributed by atoms with Crippen LogP contribution in [0.5, 0.6) is 0 Å². The fourth-order valence-corrected chi connectivity index (χ4v) is 2.83. The number of hydrogen-bond donors (Lipinski definition) is 2. The number of hydrogen-bond acceptors (Lipinski definition) is 3. The summed E-state index contributed by atoms with van der Waals surface area (Å²) in [7, 11) is 0. The molecule has 2 fully saturated rings. The number of carboxylic acid groups (broad SMARTS) is 1. The molecule has 0 radical (unpaired) electrons. The van der Waals surface area contributed by atoms with E-state index in [-0.39, 0.29) is 30.1 Å². The van der Waals surface area contributed by atoms with Crippen molar-refractivity contribution >= 4 is 11.9 Å². The molecule has 2 N–H and O–H groups in total. The van der Waals surface area contributed by atoms with E-state index in [1.165, 1.54) is 12.8 Å². The fourth-order valence-electron chi connectivity index (χ4n) is 2.83. The lowest BCUT2D eigenvalue weighted by Crippen LogP contribution is -2.50. The van der Waals surface area contributed by atoms with Gasteiger partial charge in [-0.3, -0.25) is 9.59 Å². The van der Waals surface area contributed by atoms with Crippen LogP contribution in [0.25, 0.3) is 0 Å². The van der Waals surface area contributed by atoms with Gasteiger partial charge in [-0.1, -0.05) is 19.8 Å². The smallest absolute Gasteiger partial charge is 0.306 e. The van der Waals surface area contributed by atoms with Crippen LogP contribution in [0.4, 0.5) is 0 Å². The molecule has 5 nitrogen and oxygen atoms in total. The van der Waals surface area contributed by atoms with E-state index in [1.807, 2.05) is 6.92 Å². The monoisotopic (exact) mass is 269 g/mol. The average molecular weight is 269 g/mol. The number of carboxylic acids is 1. The topological polar surface area (TPSA) is 75.6 Å². The van der Waals surface area contributed by atoms with E-state index in [0.29, 0.717) is 19.3 Å². The highest BCUT2D eigenvalue weighted by atomic mass is 16.5. The van der Waals surface area contributed by atoms with E-state index in [1.54, 1.807) is 0 Å². The van der Waals surface area contributed by atoms with E-state index in [0.717, 1.165) is 12.8 Å². The second kappa shape index (κ2) is 6.37. The Morgan fingerprint density at radius 3 is 2.47 bits per heavy atom. The van der Waals surface area contributed by atoms with Gasteiger partial charge in [-0.15, -0.1) is 0 Å². The third-order valence-corrected chi connectivity index (χ3v) is 4.16. The van der Waals surface area contributed by atoms with E-state index >= 15 is 0 Å². The van der Waals surface area contributed by atoms with Gasteiger partial charge < -0.3 is 15.2 Å². The Morgan fingerprint density at radius 1 is 1.32 bits per heavy atom. The van der Waals surface area contributed by atoms with Crippen LogP contribution >= 0.6 is 0 Å². The molecular weight excluding hydrogens is 246 g/mol. The van der Waals surface area contributed by atoms with Gasteiger partial charge in [0.25, 0.3) is 0 Å². The molecule has 0 spiro atoms. The largest absolute Gasteiger partial charge is 0.481 e. The summed E-state index contributed by atoms with van der Waals surface area (Å²) in [6.45, 7) is 1.94. The minimum absolute atomic E-state index is 0.00910. The van der Waals surface area contributed by atoms with Crippen LogP contribution in [-0.2, 0) is 14.3 Å². The number of ether oxygens (including phenoxy) is 1. The number of amides is 1. The SMILES string of the molecule is CCC(OC1CCCC1)C(=O)NC1CC(C(=O)O)C1. The summed E-state index contributed by atoms with van der Waals surface area (Å²) >= 11 is 0. The lowest BCUT2D eigenvalue weighted by atomic mass is 9.80. The predicted octanol–water partition coefficient (Wildman–Crippen LogP) is 1.70. The number of nitrogens with one attached hydrogen (secondary N) is 1. The van der Waals surface area contributed by atoms with Gasteiger partial charge in [0.05, 0.1) is 12.0 Å². The summed E-state index contributed by atoms with van der Waals surface area (Å²) in [4.78, 5) is 22.8. The Hall–Kier alpha value is -1.10. The molecule has 1 amide bonds. The summed E-state index contributed by atoms with van der Waals surface area (Å²) in [6.07, 6.45) is 6.06. The number of carbonyl (C=O) groups is 2. The van der Waals surface area contributed by atoms with Gasteiger partial charge in [0, 0.05) is 6.04 Å². The molecule has 1 atom stereocenters. The maximum atomic E-state index is 12.1. The maximum absolute atomic E-state index is 12.1. The molecule has 1 unspecified atom stereocenters. The first-order valence-electron chi connectivity index (χ1n) is 7.28.